The van der Waals surface area contributed by atoms with Crippen molar-refractivity contribution in [3.63, 3.8) is 0 Å². The minimum absolute atomic E-state index is 0.227. The lowest BCUT2D eigenvalue weighted by atomic mass is 9.69. The predicted octanol–water partition coefficient (Wildman–Crippen LogP) is 3.63. The van der Waals surface area contributed by atoms with Gasteiger partial charge in [0.15, 0.2) is 0 Å². The molecule has 3 nitrogen and oxygen atoms in total. The number of hydrogen-bond acceptors (Lipinski definition) is 3. The molecule has 1 saturated carbocycles. The molecule has 1 heterocycles. The second-order valence-corrected chi connectivity index (χ2v) is 8.52. The Bertz CT molecular complexity index is 307. The second-order valence-electron chi connectivity index (χ2n) is 8.52. The molecule has 0 bridgehead atoms. The summed E-state index contributed by atoms with van der Waals surface area (Å²) in [6.07, 6.45) is 8.70. The van der Waals surface area contributed by atoms with E-state index in [0.717, 1.165) is 12.5 Å². The van der Waals surface area contributed by atoms with E-state index in [1.807, 2.05) is 0 Å². The summed E-state index contributed by atoms with van der Waals surface area (Å²) in [5.41, 5.74) is 3.75. The van der Waals surface area contributed by atoms with E-state index < -0.39 is 0 Å². The van der Waals surface area contributed by atoms with Crippen molar-refractivity contribution >= 4 is 0 Å². The van der Waals surface area contributed by atoms with Crippen LogP contribution in [0.2, 0.25) is 0 Å². The maximum absolute atomic E-state index is 6.04. The zero-order chi connectivity index (χ0) is 14.8. The zero-order valence-electron chi connectivity index (χ0n) is 13.9. The van der Waals surface area contributed by atoms with Crippen LogP contribution < -0.4 is 11.3 Å². The highest BCUT2D eigenvalue weighted by atomic mass is 16.5. The molecule has 3 atom stereocenters. The molecule has 3 unspecified atom stereocenters. The Morgan fingerprint density at radius 2 is 2.05 bits per heavy atom. The molecule has 3 heteroatoms. The molecule has 1 aliphatic carbocycles. The molecule has 2 fully saturated rings. The number of hydrogen-bond donors (Lipinski definition) is 2. The highest BCUT2D eigenvalue weighted by Gasteiger charge is 2.44. The van der Waals surface area contributed by atoms with Crippen molar-refractivity contribution in [2.24, 2.45) is 23.1 Å². The molecule has 118 valence electrons. The molecular formula is C17H34N2O. The predicted molar refractivity (Wildman–Crippen MR) is 84.2 cm³/mol. The molecule has 1 aliphatic heterocycles. The average molecular weight is 282 g/mol. The first kappa shape index (κ1) is 16.3. The van der Waals surface area contributed by atoms with Gasteiger partial charge in [0, 0.05) is 12.6 Å². The first-order valence-corrected chi connectivity index (χ1v) is 8.44. The van der Waals surface area contributed by atoms with Crippen LogP contribution in [0.4, 0.5) is 0 Å². The van der Waals surface area contributed by atoms with E-state index in [9.17, 15) is 0 Å². The van der Waals surface area contributed by atoms with Gasteiger partial charge in [-0.1, -0.05) is 27.7 Å². The lowest BCUT2D eigenvalue weighted by molar-refractivity contribution is -0.147. The maximum atomic E-state index is 6.04. The normalized spacial score (nSPS) is 28.9. The van der Waals surface area contributed by atoms with Crippen LogP contribution in [0.25, 0.3) is 0 Å². The summed E-state index contributed by atoms with van der Waals surface area (Å²) < 4.78 is 6.04. The van der Waals surface area contributed by atoms with Gasteiger partial charge in [0.2, 0.25) is 0 Å². The monoisotopic (exact) mass is 282 g/mol. The van der Waals surface area contributed by atoms with Gasteiger partial charge in [-0.3, -0.25) is 11.3 Å². The van der Waals surface area contributed by atoms with E-state index in [1.165, 1.54) is 44.9 Å². The van der Waals surface area contributed by atoms with E-state index in [-0.39, 0.29) is 5.60 Å². The van der Waals surface area contributed by atoms with Gasteiger partial charge in [-0.25, -0.2) is 0 Å². The Hall–Kier alpha value is -0.120. The van der Waals surface area contributed by atoms with E-state index >= 15 is 0 Å². The molecule has 0 radical (unpaired) electrons. The summed E-state index contributed by atoms with van der Waals surface area (Å²) in [4.78, 5) is 0. The summed E-state index contributed by atoms with van der Waals surface area (Å²) in [5.74, 6) is 7.28. The highest BCUT2D eigenvalue weighted by Crippen LogP contribution is 2.45. The summed E-state index contributed by atoms with van der Waals surface area (Å²) in [6.45, 7) is 10.3. The van der Waals surface area contributed by atoms with Crippen molar-refractivity contribution < 1.29 is 4.74 Å². The standard InChI is InChI=1S/C17H34N2O/c1-13(11-16(2,3)4)10-15(19-18)14-6-9-20-17(12-14)7-5-8-17/h13-15,19H,5-12,18H2,1-4H3. The molecule has 1 saturated heterocycles. The summed E-state index contributed by atoms with van der Waals surface area (Å²) in [7, 11) is 0. The molecule has 0 amide bonds. The Morgan fingerprint density at radius 1 is 1.35 bits per heavy atom. The quantitative estimate of drug-likeness (QED) is 0.598. The van der Waals surface area contributed by atoms with Crippen LogP contribution >= 0.6 is 0 Å². The fraction of sp³-hybridized carbons (Fsp3) is 1.00. The zero-order valence-corrected chi connectivity index (χ0v) is 13.9. The Labute approximate surface area is 125 Å². The minimum atomic E-state index is 0.227. The van der Waals surface area contributed by atoms with Gasteiger partial charge in [0.1, 0.15) is 0 Å². The maximum Gasteiger partial charge on any atom is 0.0685 e. The minimum Gasteiger partial charge on any atom is -0.375 e. The van der Waals surface area contributed by atoms with Crippen LogP contribution in [-0.4, -0.2) is 18.2 Å². The third-order valence-electron chi connectivity index (χ3n) is 5.20. The molecule has 20 heavy (non-hydrogen) atoms. The summed E-state index contributed by atoms with van der Waals surface area (Å²) in [6, 6.07) is 0.453. The molecule has 0 aromatic rings. The Kier molecular flexibility index (Phi) is 5.14. The van der Waals surface area contributed by atoms with Gasteiger partial charge in [-0.2, -0.15) is 0 Å². The van der Waals surface area contributed by atoms with Crippen LogP contribution in [0.5, 0.6) is 0 Å². The van der Waals surface area contributed by atoms with Gasteiger partial charge in [-0.15, -0.1) is 0 Å². The van der Waals surface area contributed by atoms with Gasteiger partial charge < -0.3 is 4.74 Å². The van der Waals surface area contributed by atoms with Gasteiger partial charge in [0.25, 0.3) is 0 Å². The second kappa shape index (κ2) is 6.33. The molecule has 2 rings (SSSR count). The fourth-order valence-corrected chi connectivity index (χ4v) is 4.29. The molecule has 0 aromatic heterocycles. The van der Waals surface area contributed by atoms with Crippen LogP contribution in [0, 0.1) is 17.3 Å². The molecule has 1 spiro atoms. The number of rotatable bonds is 5. The Morgan fingerprint density at radius 3 is 2.55 bits per heavy atom. The van der Waals surface area contributed by atoms with E-state index in [0.29, 0.717) is 17.4 Å². The SMILES string of the molecule is CC(CC(NN)C1CCOC2(CCC2)C1)CC(C)(C)C. The number of nitrogens with one attached hydrogen (secondary N) is 1. The van der Waals surface area contributed by atoms with Crippen LogP contribution in [0.15, 0.2) is 0 Å². The van der Waals surface area contributed by atoms with Crippen molar-refractivity contribution in [3.8, 4) is 0 Å². The number of nitrogens with two attached hydrogens (primary N) is 1. The Balaban J connectivity index is 1.87. The average Bonchev–Trinajstić information content (AvgIpc) is 2.32. The van der Waals surface area contributed by atoms with Crippen molar-refractivity contribution in [1.29, 1.82) is 0 Å². The summed E-state index contributed by atoms with van der Waals surface area (Å²) >= 11 is 0. The van der Waals surface area contributed by atoms with Crippen LogP contribution in [-0.2, 0) is 4.74 Å². The third kappa shape index (κ3) is 4.19. The number of ether oxygens (including phenoxy) is 1. The lowest BCUT2D eigenvalue weighted by Gasteiger charge is -2.49. The van der Waals surface area contributed by atoms with Crippen molar-refractivity contribution in [2.45, 2.75) is 84.3 Å². The topological polar surface area (TPSA) is 47.3 Å². The van der Waals surface area contributed by atoms with Crippen molar-refractivity contribution in [1.82, 2.24) is 5.43 Å². The largest absolute Gasteiger partial charge is 0.375 e. The smallest absolute Gasteiger partial charge is 0.0685 e. The number of hydrazine groups is 1. The molecule has 2 aliphatic rings. The fourth-order valence-electron chi connectivity index (χ4n) is 4.29. The molecule has 0 aromatic carbocycles. The van der Waals surface area contributed by atoms with Gasteiger partial charge >= 0.3 is 0 Å². The van der Waals surface area contributed by atoms with E-state index in [4.69, 9.17) is 10.6 Å². The van der Waals surface area contributed by atoms with Crippen LogP contribution in [0.1, 0.15) is 72.6 Å². The van der Waals surface area contributed by atoms with Crippen molar-refractivity contribution in [3.05, 3.63) is 0 Å². The van der Waals surface area contributed by atoms with E-state index in [1.54, 1.807) is 0 Å². The lowest BCUT2D eigenvalue weighted by Crippen LogP contribution is -2.52. The van der Waals surface area contributed by atoms with Gasteiger partial charge in [0.05, 0.1) is 5.60 Å². The van der Waals surface area contributed by atoms with Gasteiger partial charge in [-0.05, 0) is 62.2 Å². The van der Waals surface area contributed by atoms with E-state index in [2.05, 4.69) is 33.1 Å². The summed E-state index contributed by atoms with van der Waals surface area (Å²) in [5, 5.41) is 0. The molecular weight excluding hydrogens is 248 g/mol. The first-order chi connectivity index (χ1) is 9.34. The highest BCUT2D eigenvalue weighted by molar-refractivity contribution is 4.96. The van der Waals surface area contributed by atoms with Crippen molar-refractivity contribution in [2.75, 3.05) is 6.61 Å². The third-order valence-corrected chi connectivity index (χ3v) is 5.20. The molecule has 3 N–H and O–H groups in total. The first-order valence-electron chi connectivity index (χ1n) is 8.44. The van der Waals surface area contributed by atoms with Crippen LogP contribution in [0.3, 0.4) is 0 Å².